The maximum Gasteiger partial charge on any atom is 0.128 e. The number of anilines is 1. The maximum absolute atomic E-state index is 6.04. The summed E-state index contributed by atoms with van der Waals surface area (Å²) < 4.78 is 5.43. The van der Waals surface area contributed by atoms with Crippen LogP contribution in [-0.4, -0.2) is 61.9 Å². The quantitative estimate of drug-likeness (QED) is 0.842. The van der Waals surface area contributed by atoms with Gasteiger partial charge in [0.2, 0.25) is 0 Å². The summed E-state index contributed by atoms with van der Waals surface area (Å²) in [6.07, 6.45) is 1.86. The molecule has 0 aromatic carbocycles. The van der Waals surface area contributed by atoms with E-state index in [0.717, 1.165) is 51.8 Å². The van der Waals surface area contributed by atoms with Crippen LogP contribution in [0.15, 0.2) is 24.4 Å². The Balaban J connectivity index is 1.49. The second-order valence-corrected chi connectivity index (χ2v) is 5.44. The Morgan fingerprint density at radius 3 is 2.68 bits per heavy atom. The number of nitrogens with zero attached hydrogens (tertiary/aromatic N) is 3. The third-order valence-electron chi connectivity index (χ3n) is 4.09. The van der Waals surface area contributed by atoms with E-state index in [1.807, 2.05) is 18.3 Å². The minimum Gasteiger partial charge on any atom is -0.379 e. The molecule has 2 saturated heterocycles. The van der Waals surface area contributed by atoms with Crippen molar-refractivity contribution in [1.82, 2.24) is 9.88 Å². The average molecular weight is 262 g/mol. The van der Waals surface area contributed by atoms with Gasteiger partial charge >= 0.3 is 0 Å². The lowest BCUT2D eigenvalue weighted by atomic mass is 10.0. The fraction of sp³-hybridized carbons (Fsp3) is 0.643. The van der Waals surface area contributed by atoms with Crippen molar-refractivity contribution >= 4 is 5.82 Å². The minimum absolute atomic E-state index is 0.216. The Kier molecular flexibility index (Phi) is 3.96. The van der Waals surface area contributed by atoms with Gasteiger partial charge in [-0.3, -0.25) is 4.90 Å². The molecular weight excluding hydrogens is 240 g/mol. The lowest BCUT2D eigenvalue weighted by molar-refractivity contribution is 0.164. The van der Waals surface area contributed by atoms with E-state index in [2.05, 4.69) is 20.9 Å². The summed E-state index contributed by atoms with van der Waals surface area (Å²) in [5.41, 5.74) is 6.04. The zero-order chi connectivity index (χ0) is 13.1. The van der Waals surface area contributed by atoms with E-state index in [0.29, 0.717) is 5.92 Å². The highest BCUT2D eigenvalue weighted by molar-refractivity contribution is 5.38. The molecule has 19 heavy (non-hydrogen) atoms. The Hall–Kier alpha value is -1.17. The second kappa shape index (κ2) is 5.86. The molecule has 0 amide bonds. The van der Waals surface area contributed by atoms with Crippen LogP contribution in [0.25, 0.3) is 0 Å². The topological polar surface area (TPSA) is 54.6 Å². The molecule has 1 aromatic heterocycles. The molecule has 0 aliphatic carbocycles. The Morgan fingerprint density at radius 1 is 1.21 bits per heavy atom. The third kappa shape index (κ3) is 3.05. The molecular formula is C14H22N4O. The van der Waals surface area contributed by atoms with Crippen LogP contribution in [0.3, 0.4) is 0 Å². The first-order valence-electron chi connectivity index (χ1n) is 7.04. The van der Waals surface area contributed by atoms with Crippen LogP contribution in [0.5, 0.6) is 0 Å². The van der Waals surface area contributed by atoms with E-state index < -0.39 is 0 Å². The van der Waals surface area contributed by atoms with Gasteiger partial charge in [0.1, 0.15) is 5.82 Å². The van der Waals surface area contributed by atoms with Crippen LogP contribution < -0.4 is 10.6 Å². The molecule has 5 heteroatoms. The molecule has 2 N–H and O–H groups in total. The van der Waals surface area contributed by atoms with E-state index in [9.17, 15) is 0 Å². The van der Waals surface area contributed by atoms with Gasteiger partial charge in [0.15, 0.2) is 0 Å². The summed E-state index contributed by atoms with van der Waals surface area (Å²) in [6, 6.07) is 6.30. The molecule has 3 rings (SSSR count). The molecule has 2 aliphatic rings. The molecule has 0 spiro atoms. The lowest BCUT2D eigenvalue weighted by Crippen LogP contribution is -2.49. The third-order valence-corrected chi connectivity index (χ3v) is 4.09. The van der Waals surface area contributed by atoms with Gasteiger partial charge in [-0.25, -0.2) is 4.98 Å². The molecule has 0 saturated carbocycles. The van der Waals surface area contributed by atoms with Crippen molar-refractivity contribution in [1.29, 1.82) is 0 Å². The number of piperazine rings is 1. The summed E-state index contributed by atoms with van der Waals surface area (Å²) in [7, 11) is 0. The standard InChI is InChI=1S/C14H22N4O/c15-13-11-19-10-12(13)9-17-5-7-18(8-6-17)14-3-1-2-4-16-14/h1-4,12-13H,5-11,15H2. The van der Waals surface area contributed by atoms with Crippen LogP contribution in [0.2, 0.25) is 0 Å². The summed E-state index contributed by atoms with van der Waals surface area (Å²) >= 11 is 0. The number of ether oxygens (including phenoxy) is 1. The average Bonchev–Trinajstić information content (AvgIpc) is 2.86. The molecule has 5 nitrogen and oxygen atoms in total. The first-order chi connectivity index (χ1) is 9.33. The summed E-state index contributed by atoms with van der Waals surface area (Å²) in [6.45, 7) is 6.86. The van der Waals surface area contributed by atoms with Gasteiger partial charge in [-0.05, 0) is 12.1 Å². The summed E-state index contributed by atoms with van der Waals surface area (Å²) in [4.78, 5) is 9.26. The Labute approximate surface area is 114 Å². The smallest absolute Gasteiger partial charge is 0.128 e. The zero-order valence-electron chi connectivity index (χ0n) is 11.2. The van der Waals surface area contributed by atoms with Gasteiger partial charge in [-0.1, -0.05) is 6.07 Å². The molecule has 1 aromatic rings. The van der Waals surface area contributed by atoms with Crippen molar-refractivity contribution in [3.05, 3.63) is 24.4 Å². The van der Waals surface area contributed by atoms with Gasteiger partial charge in [0.05, 0.1) is 13.2 Å². The predicted octanol–water partition coefficient (Wildman–Crippen LogP) is 0.177. The fourth-order valence-electron chi connectivity index (χ4n) is 2.84. The first-order valence-corrected chi connectivity index (χ1v) is 7.04. The van der Waals surface area contributed by atoms with Crippen LogP contribution in [-0.2, 0) is 4.74 Å². The van der Waals surface area contributed by atoms with Crippen molar-refractivity contribution in [2.45, 2.75) is 6.04 Å². The van der Waals surface area contributed by atoms with Crippen molar-refractivity contribution in [3.63, 3.8) is 0 Å². The molecule has 0 bridgehead atoms. The van der Waals surface area contributed by atoms with E-state index in [-0.39, 0.29) is 6.04 Å². The van der Waals surface area contributed by atoms with Crippen LogP contribution in [0.1, 0.15) is 0 Å². The molecule has 3 heterocycles. The van der Waals surface area contributed by atoms with Gasteiger partial charge in [-0.15, -0.1) is 0 Å². The molecule has 104 valence electrons. The van der Waals surface area contributed by atoms with Gasteiger partial charge in [0.25, 0.3) is 0 Å². The molecule has 2 aliphatic heterocycles. The number of hydrogen-bond donors (Lipinski definition) is 1. The Morgan fingerprint density at radius 2 is 2.05 bits per heavy atom. The highest BCUT2D eigenvalue weighted by Gasteiger charge is 2.28. The van der Waals surface area contributed by atoms with E-state index in [1.54, 1.807) is 0 Å². The molecule has 2 atom stereocenters. The molecule has 0 radical (unpaired) electrons. The van der Waals surface area contributed by atoms with E-state index in [4.69, 9.17) is 10.5 Å². The van der Waals surface area contributed by atoms with E-state index >= 15 is 0 Å². The van der Waals surface area contributed by atoms with Crippen molar-refractivity contribution in [2.24, 2.45) is 11.7 Å². The van der Waals surface area contributed by atoms with Crippen LogP contribution in [0, 0.1) is 5.92 Å². The minimum atomic E-state index is 0.216. The lowest BCUT2D eigenvalue weighted by Gasteiger charge is -2.36. The SMILES string of the molecule is NC1COCC1CN1CCN(c2ccccn2)CC1. The highest BCUT2D eigenvalue weighted by atomic mass is 16.5. The van der Waals surface area contributed by atoms with Crippen molar-refractivity contribution in [3.8, 4) is 0 Å². The maximum atomic E-state index is 6.04. The fourth-order valence-corrected chi connectivity index (χ4v) is 2.84. The number of nitrogens with two attached hydrogens (primary N) is 1. The highest BCUT2D eigenvalue weighted by Crippen LogP contribution is 2.16. The normalized spacial score (nSPS) is 28.8. The number of aromatic nitrogens is 1. The Bertz CT molecular complexity index is 392. The van der Waals surface area contributed by atoms with Crippen LogP contribution >= 0.6 is 0 Å². The molecule has 2 fully saturated rings. The van der Waals surface area contributed by atoms with Gasteiger partial charge < -0.3 is 15.4 Å². The second-order valence-electron chi connectivity index (χ2n) is 5.44. The van der Waals surface area contributed by atoms with Crippen molar-refractivity contribution < 1.29 is 4.74 Å². The van der Waals surface area contributed by atoms with E-state index in [1.165, 1.54) is 0 Å². The van der Waals surface area contributed by atoms with Crippen LogP contribution in [0.4, 0.5) is 5.82 Å². The summed E-state index contributed by atoms with van der Waals surface area (Å²) in [5.74, 6) is 1.59. The monoisotopic (exact) mass is 262 g/mol. The predicted molar refractivity (Wildman–Crippen MR) is 75.2 cm³/mol. The molecule has 2 unspecified atom stereocenters. The van der Waals surface area contributed by atoms with Gasteiger partial charge in [-0.2, -0.15) is 0 Å². The number of rotatable bonds is 3. The summed E-state index contributed by atoms with van der Waals surface area (Å²) in [5, 5.41) is 0. The van der Waals surface area contributed by atoms with Crippen molar-refractivity contribution in [2.75, 3.05) is 50.8 Å². The van der Waals surface area contributed by atoms with Gasteiger partial charge in [0, 0.05) is 50.9 Å². The largest absolute Gasteiger partial charge is 0.379 e. The number of pyridine rings is 1. The first kappa shape index (κ1) is 12.8. The number of hydrogen-bond acceptors (Lipinski definition) is 5. The zero-order valence-corrected chi connectivity index (χ0v) is 11.2.